The van der Waals surface area contributed by atoms with Crippen molar-refractivity contribution in [1.82, 2.24) is 14.3 Å². The summed E-state index contributed by atoms with van der Waals surface area (Å²) in [6, 6.07) is 6.81. The Kier molecular flexibility index (Phi) is 4.54. The molecule has 6 heteroatoms. The number of carbonyl (C=O) groups excluding carboxylic acids is 1. The van der Waals surface area contributed by atoms with E-state index in [4.69, 9.17) is 0 Å². The number of halogens is 1. The average Bonchev–Trinajstić information content (AvgIpc) is 3.25. The highest BCUT2D eigenvalue weighted by molar-refractivity contribution is 7.15. The van der Waals surface area contributed by atoms with Gasteiger partial charge < -0.3 is 4.90 Å². The monoisotopic (exact) mass is 385 g/mol. The standard InChI is InChI=1S/C21H24FN3OS/c1-21(2,3)19(26)24(16-8-9-16)11-10-17-13-27-20-23-18(12-25(17)20)14-4-6-15(22)7-5-14/h4-7,12-13,16H,8-11H2,1-3H3. The molecule has 0 spiro atoms. The molecule has 0 saturated heterocycles. The Morgan fingerprint density at radius 2 is 2.00 bits per heavy atom. The minimum absolute atomic E-state index is 0.231. The van der Waals surface area contributed by atoms with Crippen LogP contribution in [-0.2, 0) is 11.2 Å². The molecule has 27 heavy (non-hydrogen) atoms. The van der Waals surface area contributed by atoms with E-state index in [2.05, 4.69) is 19.7 Å². The van der Waals surface area contributed by atoms with Crippen molar-refractivity contribution in [2.45, 2.75) is 46.1 Å². The molecule has 0 atom stereocenters. The van der Waals surface area contributed by atoms with Gasteiger partial charge in [-0.05, 0) is 37.1 Å². The quantitative estimate of drug-likeness (QED) is 0.634. The number of imidazole rings is 1. The van der Waals surface area contributed by atoms with E-state index in [1.807, 2.05) is 27.0 Å². The Balaban J connectivity index is 1.53. The molecular formula is C21H24FN3OS. The Hall–Kier alpha value is -2.21. The van der Waals surface area contributed by atoms with Crippen LogP contribution < -0.4 is 0 Å². The molecule has 1 amide bonds. The summed E-state index contributed by atoms with van der Waals surface area (Å²) >= 11 is 1.60. The Bertz CT molecular complexity index is 964. The summed E-state index contributed by atoms with van der Waals surface area (Å²) in [5, 5.41) is 2.11. The Morgan fingerprint density at radius 3 is 2.63 bits per heavy atom. The lowest BCUT2D eigenvalue weighted by atomic mass is 9.94. The summed E-state index contributed by atoms with van der Waals surface area (Å²) in [6.45, 7) is 6.69. The molecule has 1 saturated carbocycles. The second kappa shape index (κ2) is 6.75. The van der Waals surface area contributed by atoms with Crippen LogP contribution in [-0.4, -0.2) is 32.8 Å². The van der Waals surface area contributed by atoms with Gasteiger partial charge in [-0.15, -0.1) is 11.3 Å². The number of thiazole rings is 1. The molecule has 0 N–H and O–H groups in total. The van der Waals surface area contributed by atoms with Gasteiger partial charge in [-0.1, -0.05) is 20.8 Å². The first kappa shape index (κ1) is 18.2. The topological polar surface area (TPSA) is 37.6 Å². The number of aromatic nitrogens is 2. The van der Waals surface area contributed by atoms with Gasteiger partial charge in [0, 0.05) is 47.3 Å². The lowest BCUT2D eigenvalue weighted by Crippen LogP contribution is -2.42. The molecule has 1 aliphatic rings. The van der Waals surface area contributed by atoms with Crippen LogP contribution in [0, 0.1) is 11.2 Å². The SMILES string of the molecule is CC(C)(C)C(=O)N(CCc1csc2nc(-c3ccc(F)cc3)cn12)C1CC1. The van der Waals surface area contributed by atoms with Crippen molar-refractivity contribution in [3.05, 3.63) is 47.4 Å². The van der Waals surface area contributed by atoms with E-state index in [9.17, 15) is 9.18 Å². The molecule has 4 rings (SSSR count). The van der Waals surface area contributed by atoms with E-state index < -0.39 is 0 Å². The van der Waals surface area contributed by atoms with E-state index in [0.29, 0.717) is 6.04 Å². The summed E-state index contributed by atoms with van der Waals surface area (Å²) in [6.07, 6.45) is 5.03. The van der Waals surface area contributed by atoms with Crippen molar-refractivity contribution in [3.8, 4) is 11.3 Å². The number of amides is 1. The fourth-order valence-electron chi connectivity index (χ4n) is 3.27. The molecule has 2 aromatic heterocycles. The molecule has 0 aliphatic heterocycles. The Morgan fingerprint density at radius 1 is 1.30 bits per heavy atom. The van der Waals surface area contributed by atoms with Gasteiger partial charge in [-0.2, -0.15) is 0 Å². The van der Waals surface area contributed by atoms with Crippen LogP contribution in [0.5, 0.6) is 0 Å². The van der Waals surface area contributed by atoms with Gasteiger partial charge in [0.1, 0.15) is 5.82 Å². The molecule has 4 nitrogen and oxygen atoms in total. The number of hydrogen-bond acceptors (Lipinski definition) is 3. The third-order valence-electron chi connectivity index (χ3n) is 4.92. The summed E-state index contributed by atoms with van der Waals surface area (Å²) < 4.78 is 15.2. The number of benzene rings is 1. The van der Waals surface area contributed by atoms with Crippen LogP contribution in [0.3, 0.4) is 0 Å². The third kappa shape index (κ3) is 3.76. The van der Waals surface area contributed by atoms with Gasteiger partial charge in [0.2, 0.25) is 5.91 Å². The molecule has 0 radical (unpaired) electrons. The van der Waals surface area contributed by atoms with E-state index >= 15 is 0 Å². The summed E-state index contributed by atoms with van der Waals surface area (Å²) in [5.41, 5.74) is 2.55. The highest BCUT2D eigenvalue weighted by Crippen LogP contribution is 2.31. The largest absolute Gasteiger partial charge is 0.339 e. The summed E-state index contributed by atoms with van der Waals surface area (Å²) in [5.74, 6) is -0.0155. The predicted octanol–water partition coefficient (Wildman–Crippen LogP) is 4.78. The first-order chi connectivity index (χ1) is 12.8. The molecule has 1 fully saturated rings. The smallest absolute Gasteiger partial charge is 0.228 e. The van der Waals surface area contributed by atoms with Crippen LogP contribution >= 0.6 is 11.3 Å². The van der Waals surface area contributed by atoms with Gasteiger partial charge in [-0.3, -0.25) is 9.20 Å². The second-order valence-corrected chi connectivity index (χ2v) is 9.08. The number of fused-ring (bicyclic) bond motifs is 1. The maximum atomic E-state index is 13.2. The van der Waals surface area contributed by atoms with Gasteiger partial charge in [0.25, 0.3) is 0 Å². The fraction of sp³-hybridized carbons (Fsp3) is 0.429. The van der Waals surface area contributed by atoms with E-state index in [0.717, 1.165) is 47.7 Å². The number of carbonyl (C=O) groups is 1. The van der Waals surface area contributed by atoms with Crippen molar-refractivity contribution in [3.63, 3.8) is 0 Å². The van der Waals surface area contributed by atoms with Crippen molar-refractivity contribution in [2.24, 2.45) is 5.41 Å². The minimum Gasteiger partial charge on any atom is -0.339 e. The lowest BCUT2D eigenvalue weighted by molar-refractivity contribution is -0.140. The zero-order valence-electron chi connectivity index (χ0n) is 15.9. The van der Waals surface area contributed by atoms with Crippen molar-refractivity contribution < 1.29 is 9.18 Å². The third-order valence-corrected chi connectivity index (χ3v) is 5.81. The van der Waals surface area contributed by atoms with Crippen LogP contribution in [0.4, 0.5) is 4.39 Å². The molecule has 2 heterocycles. The number of hydrogen-bond donors (Lipinski definition) is 0. The molecule has 0 bridgehead atoms. The number of rotatable bonds is 5. The highest BCUT2D eigenvalue weighted by atomic mass is 32.1. The summed E-state index contributed by atoms with van der Waals surface area (Å²) in [4.78, 5) is 20.4. The normalized spacial score (nSPS) is 14.7. The zero-order valence-corrected chi connectivity index (χ0v) is 16.7. The van der Waals surface area contributed by atoms with E-state index in [-0.39, 0.29) is 17.1 Å². The van der Waals surface area contributed by atoms with Gasteiger partial charge in [-0.25, -0.2) is 9.37 Å². The van der Waals surface area contributed by atoms with Crippen LogP contribution in [0.15, 0.2) is 35.8 Å². The van der Waals surface area contributed by atoms with Crippen molar-refractivity contribution >= 4 is 22.2 Å². The lowest BCUT2D eigenvalue weighted by Gasteiger charge is -2.29. The molecule has 1 aromatic carbocycles. The minimum atomic E-state index is -0.350. The van der Waals surface area contributed by atoms with E-state index in [1.165, 1.54) is 12.1 Å². The fourth-order valence-corrected chi connectivity index (χ4v) is 4.18. The van der Waals surface area contributed by atoms with Gasteiger partial charge in [0.15, 0.2) is 4.96 Å². The van der Waals surface area contributed by atoms with Crippen molar-refractivity contribution in [2.75, 3.05) is 6.54 Å². The van der Waals surface area contributed by atoms with Crippen molar-refractivity contribution in [1.29, 1.82) is 0 Å². The first-order valence-corrected chi connectivity index (χ1v) is 10.2. The van der Waals surface area contributed by atoms with E-state index in [1.54, 1.807) is 23.5 Å². The van der Waals surface area contributed by atoms with Gasteiger partial charge in [0.05, 0.1) is 5.69 Å². The Labute approximate surface area is 162 Å². The van der Waals surface area contributed by atoms with Crippen LogP contribution in [0.2, 0.25) is 0 Å². The predicted molar refractivity (Wildman–Crippen MR) is 106 cm³/mol. The zero-order chi connectivity index (χ0) is 19.2. The second-order valence-electron chi connectivity index (χ2n) is 8.24. The maximum absolute atomic E-state index is 13.2. The van der Waals surface area contributed by atoms with Crippen LogP contribution in [0.1, 0.15) is 39.3 Å². The molecular weight excluding hydrogens is 361 g/mol. The summed E-state index contributed by atoms with van der Waals surface area (Å²) in [7, 11) is 0. The van der Waals surface area contributed by atoms with Crippen LogP contribution in [0.25, 0.3) is 16.2 Å². The average molecular weight is 386 g/mol. The molecule has 142 valence electrons. The van der Waals surface area contributed by atoms with Gasteiger partial charge >= 0.3 is 0 Å². The first-order valence-electron chi connectivity index (χ1n) is 9.35. The molecule has 0 unspecified atom stereocenters. The highest BCUT2D eigenvalue weighted by Gasteiger charge is 2.37. The maximum Gasteiger partial charge on any atom is 0.228 e. The molecule has 3 aromatic rings. The number of nitrogens with zero attached hydrogens (tertiary/aromatic N) is 3. The molecule has 1 aliphatic carbocycles.